The Morgan fingerprint density at radius 1 is 1.03 bits per heavy atom. The van der Waals surface area contributed by atoms with Gasteiger partial charge in [-0.25, -0.2) is 0 Å². The molecule has 29 heavy (non-hydrogen) atoms. The molecule has 1 aromatic carbocycles. The number of ether oxygens (including phenoxy) is 4. The Bertz CT molecular complexity index is 629. The second kappa shape index (κ2) is 9.75. The van der Waals surface area contributed by atoms with Crippen molar-refractivity contribution in [3.05, 3.63) is 35.9 Å². The largest absolute Gasteiger partial charge is 0.394 e. The summed E-state index contributed by atoms with van der Waals surface area (Å²) in [5.74, 6) is 0. The molecule has 164 valence electrons. The molecule has 2 heterocycles. The minimum atomic E-state index is -1.90. The van der Waals surface area contributed by atoms with Gasteiger partial charge in [-0.1, -0.05) is 30.3 Å². The van der Waals surface area contributed by atoms with Crippen LogP contribution in [-0.4, -0.2) is 106 Å². The fourth-order valence-corrected chi connectivity index (χ4v) is 3.36. The summed E-state index contributed by atoms with van der Waals surface area (Å²) < 4.78 is 21.7. The summed E-state index contributed by atoms with van der Waals surface area (Å²) in [6, 6.07) is 9.54. The van der Waals surface area contributed by atoms with Crippen LogP contribution in [0, 0.1) is 0 Å². The van der Waals surface area contributed by atoms with Crippen molar-refractivity contribution >= 4 is 0 Å². The van der Waals surface area contributed by atoms with E-state index >= 15 is 0 Å². The normalized spacial score (nSPS) is 40.3. The fourth-order valence-electron chi connectivity index (χ4n) is 3.36. The van der Waals surface area contributed by atoms with E-state index in [2.05, 4.69) is 0 Å². The van der Waals surface area contributed by atoms with Gasteiger partial charge >= 0.3 is 0 Å². The van der Waals surface area contributed by atoms with Gasteiger partial charge < -0.3 is 49.6 Å². The Kier molecular flexibility index (Phi) is 7.57. The molecule has 0 saturated carbocycles. The Balaban J connectivity index is 1.58. The summed E-state index contributed by atoms with van der Waals surface area (Å²) >= 11 is 0. The van der Waals surface area contributed by atoms with Gasteiger partial charge in [-0.05, 0) is 12.0 Å². The molecule has 10 heteroatoms. The van der Waals surface area contributed by atoms with Crippen LogP contribution in [0.15, 0.2) is 30.3 Å². The van der Waals surface area contributed by atoms with E-state index in [1.54, 1.807) is 0 Å². The van der Waals surface area contributed by atoms with E-state index in [0.29, 0.717) is 6.42 Å². The van der Waals surface area contributed by atoms with Gasteiger partial charge in [0, 0.05) is 0 Å². The van der Waals surface area contributed by atoms with Crippen molar-refractivity contribution in [3.8, 4) is 0 Å². The van der Waals surface area contributed by atoms with Crippen LogP contribution in [0.1, 0.15) is 5.56 Å². The lowest BCUT2D eigenvalue weighted by Gasteiger charge is -2.42. The van der Waals surface area contributed by atoms with Gasteiger partial charge in [-0.3, -0.25) is 0 Å². The van der Waals surface area contributed by atoms with Gasteiger partial charge in [0.15, 0.2) is 12.6 Å². The summed E-state index contributed by atoms with van der Waals surface area (Å²) in [4.78, 5) is 0. The van der Waals surface area contributed by atoms with E-state index in [1.165, 1.54) is 0 Å². The smallest absolute Gasteiger partial charge is 0.187 e. The van der Waals surface area contributed by atoms with Crippen LogP contribution in [0.25, 0.3) is 0 Å². The van der Waals surface area contributed by atoms with E-state index in [4.69, 9.17) is 18.9 Å². The van der Waals surface area contributed by atoms with Crippen LogP contribution in [-0.2, 0) is 25.4 Å². The van der Waals surface area contributed by atoms with Crippen molar-refractivity contribution in [2.75, 3.05) is 26.4 Å². The minimum Gasteiger partial charge on any atom is -0.394 e. The maximum absolute atomic E-state index is 10.5. The van der Waals surface area contributed by atoms with Crippen molar-refractivity contribution in [3.63, 3.8) is 0 Å². The molecule has 0 bridgehead atoms. The van der Waals surface area contributed by atoms with Gasteiger partial charge in [0.2, 0.25) is 0 Å². The third-order valence-electron chi connectivity index (χ3n) is 5.21. The van der Waals surface area contributed by atoms with Crippen LogP contribution in [0.5, 0.6) is 0 Å². The Labute approximate surface area is 167 Å². The Morgan fingerprint density at radius 2 is 1.76 bits per heavy atom. The zero-order chi connectivity index (χ0) is 21.0. The Morgan fingerprint density at radius 3 is 2.38 bits per heavy atom. The molecule has 3 rings (SSSR count). The number of rotatable bonds is 8. The number of aliphatic hydroxyl groups excluding tert-OH is 5. The highest BCUT2D eigenvalue weighted by Gasteiger charge is 2.52. The minimum absolute atomic E-state index is 0.218. The predicted octanol–water partition coefficient (Wildman–Crippen LogP) is -2.49. The first-order valence-electron chi connectivity index (χ1n) is 9.46. The van der Waals surface area contributed by atoms with E-state index < -0.39 is 61.9 Å². The summed E-state index contributed by atoms with van der Waals surface area (Å²) in [6.07, 6.45) is -8.92. The van der Waals surface area contributed by atoms with E-state index in [-0.39, 0.29) is 13.2 Å². The quantitative estimate of drug-likeness (QED) is 0.268. The number of hydrogen-bond acceptors (Lipinski definition) is 10. The second-order valence-corrected chi connectivity index (χ2v) is 7.30. The van der Waals surface area contributed by atoms with Crippen molar-refractivity contribution < 1.29 is 49.6 Å². The van der Waals surface area contributed by atoms with Gasteiger partial charge in [0.1, 0.15) is 36.1 Å². The van der Waals surface area contributed by atoms with Crippen LogP contribution in [0.3, 0.4) is 0 Å². The molecular formula is C19H28O10. The molecule has 0 amide bonds. The lowest BCUT2D eigenvalue weighted by atomic mass is 9.98. The maximum Gasteiger partial charge on any atom is 0.187 e. The lowest BCUT2D eigenvalue weighted by molar-refractivity contribution is -0.328. The van der Waals surface area contributed by atoms with Gasteiger partial charge in [-0.2, -0.15) is 0 Å². The van der Waals surface area contributed by atoms with Crippen LogP contribution in [0.2, 0.25) is 0 Å². The summed E-state index contributed by atoms with van der Waals surface area (Å²) in [5, 5.41) is 59.8. The molecule has 0 aromatic heterocycles. The fraction of sp³-hybridized carbons (Fsp3) is 0.684. The lowest BCUT2D eigenvalue weighted by Crippen LogP contribution is -2.61. The zero-order valence-electron chi connectivity index (χ0n) is 15.8. The summed E-state index contributed by atoms with van der Waals surface area (Å²) in [6.45, 7) is -1.46. The molecule has 2 aliphatic heterocycles. The zero-order valence-corrected chi connectivity index (χ0v) is 15.8. The van der Waals surface area contributed by atoms with Crippen LogP contribution in [0.4, 0.5) is 0 Å². The third-order valence-corrected chi connectivity index (χ3v) is 5.21. The monoisotopic (exact) mass is 416 g/mol. The van der Waals surface area contributed by atoms with Crippen molar-refractivity contribution in [1.82, 2.24) is 0 Å². The second-order valence-electron chi connectivity index (χ2n) is 7.30. The molecule has 8 atom stereocenters. The van der Waals surface area contributed by atoms with Crippen molar-refractivity contribution in [1.29, 1.82) is 0 Å². The highest BCUT2D eigenvalue weighted by Crippen LogP contribution is 2.31. The van der Waals surface area contributed by atoms with Crippen molar-refractivity contribution in [2.45, 2.75) is 55.1 Å². The molecule has 1 aromatic rings. The summed E-state index contributed by atoms with van der Waals surface area (Å²) in [7, 11) is 0. The standard InChI is InChI=1S/C19H28O10/c20-8-12-15(29-18-16(24)19(25,9-21)10-27-18)13(22)14(23)17(28-12)26-7-6-11-4-2-1-3-5-11/h1-5,12-18,20-25H,6-10H2/t12-,13-,14-,15-,16+,17-,18+,19+/m1/s1. The average molecular weight is 416 g/mol. The topological polar surface area (TPSA) is 158 Å². The Hall–Kier alpha value is -1.18. The molecular weight excluding hydrogens is 388 g/mol. The average Bonchev–Trinajstić information content (AvgIpc) is 3.02. The number of hydrogen-bond donors (Lipinski definition) is 6. The molecule has 2 saturated heterocycles. The number of aliphatic hydroxyl groups is 6. The van der Waals surface area contributed by atoms with E-state index in [0.717, 1.165) is 5.56 Å². The highest BCUT2D eigenvalue weighted by atomic mass is 16.7. The third kappa shape index (κ3) is 4.94. The summed E-state index contributed by atoms with van der Waals surface area (Å²) in [5.41, 5.74) is -0.872. The molecule has 0 spiro atoms. The van der Waals surface area contributed by atoms with Gasteiger partial charge in [0.05, 0.1) is 26.4 Å². The first-order valence-corrected chi connectivity index (χ1v) is 9.46. The SMILES string of the molecule is OC[C@H]1O[C@@H](OCCc2ccccc2)[C@H](O)[C@@H](O)[C@@H]1O[C@@H]1OC[C@@](O)(CO)[C@H]1O. The molecule has 0 radical (unpaired) electrons. The molecule has 2 aliphatic rings. The van der Waals surface area contributed by atoms with E-state index in [9.17, 15) is 30.6 Å². The molecule has 6 N–H and O–H groups in total. The first-order chi connectivity index (χ1) is 13.9. The van der Waals surface area contributed by atoms with Crippen LogP contribution < -0.4 is 0 Å². The predicted molar refractivity (Wildman–Crippen MR) is 96.5 cm³/mol. The van der Waals surface area contributed by atoms with Gasteiger partial charge in [0.25, 0.3) is 0 Å². The molecule has 2 fully saturated rings. The molecule has 0 unspecified atom stereocenters. The first kappa shape index (κ1) is 22.5. The maximum atomic E-state index is 10.5. The molecule has 0 aliphatic carbocycles. The van der Waals surface area contributed by atoms with Crippen molar-refractivity contribution in [2.24, 2.45) is 0 Å². The van der Waals surface area contributed by atoms with Gasteiger partial charge in [-0.15, -0.1) is 0 Å². The highest BCUT2D eigenvalue weighted by molar-refractivity contribution is 5.14. The van der Waals surface area contributed by atoms with Crippen LogP contribution >= 0.6 is 0 Å². The molecule has 10 nitrogen and oxygen atoms in total. The van der Waals surface area contributed by atoms with E-state index in [1.807, 2.05) is 30.3 Å². The number of benzene rings is 1.